The minimum Gasteiger partial charge on any atom is -0.495 e. The molecule has 0 saturated heterocycles. The zero-order valence-electron chi connectivity index (χ0n) is 14.8. The van der Waals surface area contributed by atoms with Crippen molar-refractivity contribution in [2.75, 3.05) is 20.3 Å². The molecule has 0 bridgehead atoms. The van der Waals surface area contributed by atoms with Gasteiger partial charge in [0.15, 0.2) is 0 Å². The Morgan fingerprint density at radius 3 is 2.46 bits per heavy atom. The smallest absolute Gasteiger partial charge is 0.241 e. The predicted molar refractivity (Wildman–Crippen MR) is 105 cm³/mol. The second-order valence-corrected chi connectivity index (χ2v) is 7.28. The maximum absolute atomic E-state index is 11.7. The SMILES string of the molecule is COc1ccc(C[C@@H](C)NCCOc2ccccc2)cc1S(N)(=O)=O.Cl. The highest BCUT2D eigenvalue weighted by molar-refractivity contribution is 7.89. The molecule has 8 heteroatoms. The van der Waals surface area contributed by atoms with Gasteiger partial charge in [0, 0.05) is 12.6 Å². The van der Waals surface area contributed by atoms with Gasteiger partial charge in [0.25, 0.3) is 0 Å². The Labute approximate surface area is 161 Å². The molecule has 6 nitrogen and oxygen atoms in total. The van der Waals surface area contributed by atoms with Crippen LogP contribution in [0, 0.1) is 0 Å². The highest BCUT2D eigenvalue weighted by atomic mass is 35.5. The van der Waals surface area contributed by atoms with Gasteiger partial charge in [-0.1, -0.05) is 24.3 Å². The molecule has 2 aromatic rings. The van der Waals surface area contributed by atoms with E-state index in [4.69, 9.17) is 14.6 Å². The van der Waals surface area contributed by atoms with Gasteiger partial charge in [0.05, 0.1) is 7.11 Å². The van der Waals surface area contributed by atoms with Crippen molar-refractivity contribution < 1.29 is 17.9 Å². The summed E-state index contributed by atoms with van der Waals surface area (Å²) in [6.07, 6.45) is 0.665. The van der Waals surface area contributed by atoms with Crippen molar-refractivity contribution in [2.45, 2.75) is 24.3 Å². The molecule has 0 heterocycles. The van der Waals surface area contributed by atoms with Gasteiger partial charge < -0.3 is 14.8 Å². The van der Waals surface area contributed by atoms with Crippen LogP contribution in [0.5, 0.6) is 11.5 Å². The number of benzene rings is 2. The van der Waals surface area contributed by atoms with Gasteiger partial charge in [0.2, 0.25) is 10.0 Å². The third-order valence-corrected chi connectivity index (χ3v) is 4.62. The monoisotopic (exact) mass is 400 g/mol. The largest absolute Gasteiger partial charge is 0.495 e. The van der Waals surface area contributed by atoms with E-state index < -0.39 is 10.0 Å². The van der Waals surface area contributed by atoms with Crippen molar-refractivity contribution in [1.82, 2.24) is 5.32 Å². The molecule has 0 aromatic heterocycles. The Morgan fingerprint density at radius 1 is 1.15 bits per heavy atom. The molecule has 3 N–H and O–H groups in total. The van der Waals surface area contributed by atoms with Gasteiger partial charge in [0.1, 0.15) is 23.0 Å². The number of nitrogens with one attached hydrogen (secondary N) is 1. The molecule has 2 rings (SSSR count). The molecule has 0 aliphatic carbocycles. The molecule has 0 amide bonds. The summed E-state index contributed by atoms with van der Waals surface area (Å²) in [6, 6.07) is 14.8. The van der Waals surface area contributed by atoms with E-state index in [2.05, 4.69) is 5.32 Å². The second-order valence-electron chi connectivity index (χ2n) is 5.75. The molecular formula is C18H25ClN2O4S. The number of nitrogens with two attached hydrogens (primary N) is 1. The van der Waals surface area contributed by atoms with E-state index in [1.165, 1.54) is 7.11 Å². The van der Waals surface area contributed by atoms with Gasteiger partial charge in [-0.15, -0.1) is 12.4 Å². The molecule has 0 saturated carbocycles. The molecular weight excluding hydrogens is 376 g/mol. The van der Waals surface area contributed by atoms with Crippen LogP contribution in [-0.2, 0) is 16.4 Å². The topological polar surface area (TPSA) is 90.7 Å². The van der Waals surface area contributed by atoms with Crippen molar-refractivity contribution in [3.8, 4) is 11.5 Å². The minimum absolute atomic E-state index is 0. The Kier molecular flexibility index (Phi) is 8.87. The van der Waals surface area contributed by atoms with Crippen LogP contribution in [0.2, 0.25) is 0 Å². The number of hydrogen-bond acceptors (Lipinski definition) is 5. The highest BCUT2D eigenvalue weighted by Gasteiger charge is 2.16. The third-order valence-electron chi connectivity index (χ3n) is 3.68. The van der Waals surface area contributed by atoms with Gasteiger partial charge in [-0.2, -0.15) is 0 Å². The fraction of sp³-hybridized carbons (Fsp3) is 0.333. The van der Waals surface area contributed by atoms with Gasteiger partial charge >= 0.3 is 0 Å². The molecule has 0 unspecified atom stereocenters. The van der Waals surface area contributed by atoms with E-state index in [1.54, 1.807) is 12.1 Å². The normalized spacial score (nSPS) is 12.1. The molecule has 0 fully saturated rings. The Hall–Kier alpha value is -1.80. The van der Waals surface area contributed by atoms with Crippen molar-refractivity contribution in [2.24, 2.45) is 5.14 Å². The number of rotatable bonds is 9. The number of sulfonamides is 1. The fourth-order valence-corrected chi connectivity index (χ4v) is 3.23. The summed E-state index contributed by atoms with van der Waals surface area (Å²) in [7, 11) is -2.40. The highest BCUT2D eigenvalue weighted by Crippen LogP contribution is 2.24. The predicted octanol–water partition coefficient (Wildman–Crippen LogP) is 2.36. The van der Waals surface area contributed by atoms with E-state index in [0.717, 1.165) is 11.3 Å². The quantitative estimate of drug-likeness (QED) is 0.630. The zero-order valence-corrected chi connectivity index (χ0v) is 16.5. The van der Waals surface area contributed by atoms with E-state index >= 15 is 0 Å². The molecule has 2 aromatic carbocycles. The molecule has 144 valence electrons. The first-order chi connectivity index (χ1) is 11.9. The lowest BCUT2D eigenvalue weighted by Crippen LogP contribution is -2.31. The molecule has 1 atom stereocenters. The Morgan fingerprint density at radius 2 is 1.85 bits per heavy atom. The van der Waals surface area contributed by atoms with Gasteiger partial charge in [-0.05, 0) is 43.2 Å². The third kappa shape index (κ3) is 6.84. The van der Waals surface area contributed by atoms with Crippen LogP contribution < -0.4 is 19.9 Å². The summed E-state index contributed by atoms with van der Waals surface area (Å²) in [4.78, 5) is 0.00658. The van der Waals surface area contributed by atoms with E-state index in [9.17, 15) is 8.42 Å². The van der Waals surface area contributed by atoms with Gasteiger partial charge in [-0.3, -0.25) is 0 Å². The summed E-state index contributed by atoms with van der Waals surface area (Å²) >= 11 is 0. The number of ether oxygens (including phenoxy) is 2. The van der Waals surface area contributed by atoms with Crippen LogP contribution in [0.3, 0.4) is 0 Å². The average molecular weight is 401 g/mol. The summed E-state index contributed by atoms with van der Waals surface area (Å²) in [6.45, 7) is 3.27. The molecule has 0 radical (unpaired) electrons. The van der Waals surface area contributed by atoms with Crippen LogP contribution in [0.25, 0.3) is 0 Å². The zero-order chi connectivity index (χ0) is 18.3. The number of primary sulfonamides is 1. The van der Waals surface area contributed by atoms with E-state index in [-0.39, 0.29) is 29.1 Å². The maximum atomic E-state index is 11.7. The first-order valence-corrected chi connectivity index (χ1v) is 9.55. The molecule has 0 spiro atoms. The summed E-state index contributed by atoms with van der Waals surface area (Å²) in [5.74, 6) is 1.09. The van der Waals surface area contributed by atoms with Crippen molar-refractivity contribution in [3.63, 3.8) is 0 Å². The Bertz CT molecular complexity index is 785. The Balaban J connectivity index is 0.00000338. The van der Waals surface area contributed by atoms with E-state index in [1.807, 2.05) is 43.3 Å². The second kappa shape index (κ2) is 10.4. The number of para-hydroxylation sites is 1. The molecule has 0 aliphatic heterocycles. The summed E-state index contributed by atoms with van der Waals surface area (Å²) in [5, 5.41) is 8.60. The van der Waals surface area contributed by atoms with Crippen LogP contribution >= 0.6 is 12.4 Å². The van der Waals surface area contributed by atoms with E-state index in [0.29, 0.717) is 19.6 Å². The van der Waals surface area contributed by atoms with Crippen molar-refractivity contribution in [3.05, 3.63) is 54.1 Å². The van der Waals surface area contributed by atoms with Gasteiger partial charge in [-0.25, -0.2) is 13.6 Å². The number of hydrogen-bond donors (Lipinski definition) is 2. The number of methoxy groups -OCH3 is 1. The molecule has 0 aliphatic rings. The lowest BCUT2D eigenvalue weighted by Gasteiger charge is -2.15. The first kappa shape index (κ1) is 22.2. The average Bonchev–Trinajstić information content (AvgIpc) is 2.59. The number of halogens is 1. The van der Waals surface area contributed by atoms with Crippen LogP contribution in [0.4, 0.5) is 0 Å². The molecule has 26 heavy (non-hydrogen) atoms. The van der Waals surface area contributed by atoms with Crippen molar-refractivity contribution in [1.29, 1.82) is 0 Å². The van der Waals surface area contributed by atoms with Crippen LogP contribution in [0.1, 0.15) is 12.5 Å². The minimum atomic E-state index is -3.82. The van der Waals surface area contributed by atoms with Crippen LogP contribution in [0.15, 0.2) is 53.4 Å². The van der Waals surface area contributed by atoms with Crippen LogP contribution in [-0.4, -0.2) is 34.7 Å². The first-order valence-electron chi connectivity index (χ1n) is 8.01. The van der Waals surface area contributed by atoms with Crippen molar-refractivity contribution >= 4 is 22.4 Å². The fourth-order valence-electron chi connectivity index (χ4n) is 2.49. The summed E-state index contributed by atoms with van der Waals surface area (Å²) < 4.78 is 34.0. The summed E-state index contributed by atoms with van der Waals surface area (Å²) in [5.41, 5.74) is 0.869. The lowest BCUT2D eigenvalue weighted by atomic mass is 10.1. The standard InChI is InChI=1S/C18H24N2O4S.ClH/c1-14(20-10-11-24-16-6-4-3-5-7-16)12-15-8-9-17(23-2)18(13-15)25(19,21)22;/h3-9,13-14,20H,10-12H2,1-2H3,(H2,19,21,22);1H/t14-;/m1./s1. The maximum Gasteiger partial charge on any atom is 0.241 e. The lowest BCUT2D eigenvalue weighted by molar-refractivity contribution is 0.306.